The Balaban J connectivity index is 2.12. The monoisotopic (exact) mass is 251 g/mol. The molecular formula is C14H25N3O. The van der Waals surface area contributed by atoms with Gasteiger partial charge < -0.3 is 14.6 Å². The summed E-state index contributed by atoms with van der Waals surface area (Å²) in [6.07, 6.45) is 7.53. The van der Waals surface area contributed by atoms with Gasteiger partial charge in [0.25, 0.3) is 0 Å². The Morgan fingerprint density at radius 3 is 3.11 bits per heavy atom. The van der Waals surface area contributed by atoms with Gasteiger partial charge in [-0.2, -0.15) is 0 Å². The van der Waals surface area contributed by atoms with Crippen LogP contribution in [0.25, 0.3) is 0 Å². The minimum absolute atomic E-state index is 0.334. The Morgan fingerprint density at radius 2 is 2.44 bits per heavy atom. The molecule has 2 atom stereocenters. The summed E-state index contributed by atoms with van der Waals surface area (Å²) in [6, 6.07) is 0.334. The summed E-state index contributed by atoms with van der Waals surface area (Å²) in [5.74, 6) is 1.72. The highest BCUT2D eigenvalue weighted by molar-refractivity contribution is 5.02. The van der Waals surface area contributed by atoms with Crippen molar-refractivity contribution in [1.29, 1.82) is 0 Å². The largest absolute Gasteiger partial charge is 0.381 e. The summed E-state index contributed by atoms with van der Waals surface area (Å²) in [7, 11) is 0. The number of imidazole rings is 1. The van der Waals surface area contributed by atoms with Gasteiger partial charge >= 0.3 is 0 Å². The normalized spacial score (nSPS) is 22.0. The van der Waals surface area contributed by atoms with E-state index in [0.29, 0.717) is 12.0 Å². The van der Waals surface area contributed by atoms with Crippen molar-refractivity contribution in [3.63, 3.8) is 0 Å². The van der Waals surface area contributed by atoms with Gasteiger partial charge in [-0.3, -0.25) is 0 Å². The first-order valence-corrected chi connectivity index (χ1v) is 7.19. The van der Waals surface area contributed by atoms with E-state index >= 15 is 0 Å². The number of hydrogen-bond acceptors (Lipinski definition) is 3. The van der Waals surface area contributed by atoms with E-state index in [2.05, 4.69) is 34.9 Å². The molecule has 0 spiro atoms. The molecule has 1 N–H and O–H groups in total. The quantitative estimate of drug-likeness (QED) is 0.843. The second-order valence-corrected chi connectivity index (χ2v) is 4.98. The maximum atomic E-state index is 5.64. The minimum Gasteiger partial charge on any atom is -0.381 e. The van der Waals surface area contributed by atoms with Crippen molar-refractivity contribution < 1.29 is 4.74 Å². The molecule has 1 fully saturated rings. The maximum absolute atomic E-state index is 5.64. The molecule has 102 valence electrons. The standard InChI is InChI=1S/C14H25N3O/c1-3-7-15-13(12-6-5-10-18-11-12)14-16-8-9-17(14)4-2/h8-9,12-13,15H,3-7,10-11H2,1-2H3. The van der Waals surface area contributed by atoms with Crippen LogP contribution in [0.3, 0.4) is 0 Å². The predicted octanol–water partition coefficient (Wildman–Crippen LogP) is 2.37. The summed E-state index contributed by atoms with van der Waals surface area (Å²) in [6.45, 7) is 8.16. The Morgan fingerprint density at radius 1 is 1.56 bits per heavy atom. The van der Waals surface area contributed by atoms with Crippen LogP contribution in [0, 0.1) is 5.92 Å². The lowest BCUT2D eigenvalue weighted by molar-refractivity contribution is 0.0371. The SMILES string of the molecule is CCCNC(c1nccn1CC)C1CCCOC1. The highest BCUT2D eigenvalue weighted by Crippen LogP contribution is 2.28. The first-order valence-electron chi connectivity index (χ1n) is 7.19. The summed E-state index contributed by atoms with van der Waals surface area (Å²) >= 11 is 0. The molecule has 0 amide bonds. The molecule has 0 aliphatic carbocycles. The zero-order valence-electron chi connectivity index (χ0n) is 11.6. The van der Waals surface area contributed by atoms with Gasteiger partial charge in [-0.25, -0.2) is 4.98 Å². The molecule has 1 aliphatic rings. The topological polar surface area (TPSA) is 39.1 Å². The van der Waals surface area contributed by atoms with Gasteiger partial charge in [-0.15, -0.1) is 0 Å². The molecule has 4 nitrogen and oxygen atoms in total. The van der Waals surface area contributed by atoms with Crippen LogP contribution in [-0.2, 0) is 11.3 Å². The van der Waals surface area contributed by atoms with Crippen LogP contribution < -0.4 is 5.32 Å². The van der Waals surface area contributed by atoms with Gasteiger partial charge in [0.1, 0.15) is 5.82 Å². The highest BCUT2D eigenvalue weighted by Gasteiger charge is 2.27. The number of nitrogens with zero attached hydrogens (tertiary/aromatic N) is 2. The van der Waals surface area contributed by atoms with Crippen molar-refractivity contribution in [2.45, 2.75) is 45.7 Å². The average Bonchev–Trinajstić information content (AvgIpc) is 2.89. The van der Waals surface area contributed by atoms with Gasteiger partial charge in [0.05, 0.1) is 12.6 Å². The van der Waals surface area contributed by atoms with Gasteiger partial charge in [0.15, 0.2) is 0 Å². The van der Waals surface area contributed by atoms with Gasteiger partial charge in [0.2, 0.25) is 0 Å². The third-order valence-corrected chi connectivity index (χ3v) is 3.65. The first kappa shape index (κ1) is 13.6. The molecule has 0 bridgehead atoms. The Kier molecular flexibility index (Phi) is 5.20. The Hall–Kier alpha value is -0.870. The highest BCUT2D eigenvalue weighted by atomic mass is 16.5. The van der Waals surface area contributed by atoms with Crippen molar-refractivity contribution in [1.82, 2.24) is 14.9 Å². The van der Waals surface area contributed by atoms with Crippen molar-refractivity contribution in [3.05, 3.63) is 18.2 Å². The van der Waals surface area contributed by atoms with E-state index < -0.39 is 0 Å². The molecule has 1 saturated heterocycles. The molecule has 2 unspecified atom stereocenters. The number of hydrogen-bond donors (Lipinski definition) is 1. The average molecular weight is 251 g/mol. The van der Waals surface area contributed by atoms with E-state index in [0.717, 1.165) is 32.7 Å². The number of nitrogens with one attached hydrogen (secondary N) is 1. The van der Waals surface area contributed by atoms with E-state index in [4.69, 9.17) is 4.74 Å². The zero-order valence-corrected chi connectivity index (χ0v) is 11.6. The molecule has 1 aromatic heterocycles. The van der Waals surface area contributed by atoms with Crippen LogP contribution in [0.2, 0.25) is 0 Å². The Labute approximate surface area is 110 Å². The van der Waals surface area contributed by atoms with Crippen LogP contribution in [0.5, 0.6) is 0 Å². The van der Waals surface area contributed by atoms with Crippen LogP contribution in [0.4, 0.5) is 0 Å². The zero-order chi connectivity index (χ0) is 12.8. The second kappa shape index (κ2) is 6.90. The molecule has 18 heavy (non-hydrogen) atoms. The van der Waals surface area contributed by atoms with Crippen LogP contribution in [-0.4, -0.2) is 29.3 Å². The lowest BCUT2D eigenvalue weighted by atomic mass is 9.93. The summed E-state index contributed by atoms with van der Waals surface area (Å²) in [5.41, 5.74) is 0. The molecule has 1 aliphatic heterocycles. The minimum atomic E-state index is 0.334. The fraction of sp³-hybridized carbons (Fsp3) is 0.786. The van der Waals surface area contributed by atoms with E-state index in [1.807, 2.05) is 6.20 Å². The van der Waals surface area contributed by atoms with E-state index in [1.54, 1.807) is 0 Å². The van der Waals surface area contributed by atoms with E-state index in [1.165, 1.54) is 18.7 Å². The van der Waals surface area contributed by atoms with Crippen LogP contribution >= 0.6 is 0 Å². The third kappa shape index (κ3) is 3.12. The Bertz CT molecular complexity index is 345. The number of ether oxygens (including phenoxy) is 1. The molecular weight excluding hydrogens is 226 g/mol. The molecule has 4 heteroatoms. The number of rotatable bonds is 6. The number of aromatic nitrogens is 2. The van der Waals surface area contributed by atoms with Gasteiger partial charge in [-0.1, -0.05) is 6.92 Å². The second-order valence-electron chi connectivity index (χ2n) is 4.98. The summed E-state index contributed by atoms with van der Waals surface area (Å²) in [5, 5.41) is 3.65. The number of aryl methyl sites for hydroxylation is 1. The molecule has 1 aromatic rings. The van der Waals surface area contributed by atoms with Crippen LogP contribution in [0.1, 0.15) is 45.0 Å². The fourth-order valence-electron chi connectivity index (χ4n) is 2.66. The van der Waals surface area contributed by atoms with Crippen molar-refractivity contribution in [2.75, 3.05) is 19.8 Å². The summed E-state index contributed by atoms with van der Waals surface area (Å²) < 4.78 is 7.88. The lowest BCUT2D eigenvalue weighted by Gasteiger charge is -2.31. The smallest absolute Gasteiger partial charge is 0.126 e. The fourth-order valence-corrected chi connectivity index (χ4v) is 2.66. The lowest BCUT2D eigenvalue weighted by Crippen LogP contribution is -2.35. The van der Waals surface area contributed by atoms with Crippen molar-refractivity contribution in [3.8, 4) is 0 Å². The molecule has 0 aromatic carbocycles. The van der Waals surface area contributed by atoms with Crippen LogP contribution in [0.15, 0.2) is 12.4 Å². The first-order chi connectivity index (χ1) is 8.86. The van der Waals surface area contributed by atoms with E-state index in [-0.39, 0.29) is 0 Å². The van der Waals surface area contributed by atoms with Gasteiger partial charge in [0, 0.05) is 31.5 Å². The third-order valence-electron chi connectivity index (χ3n) is 3.65. The predicted molar refractivity (Wildman–Crippen MR) is 72.5 cm³/mol. The molecule has 2 rings (SSSR count). The van der Waals surface area contributed by atoms with Gasteiger partial charge in [-0.05, 0) is 32.7 Å². The summed E-state index contributed by atoms with van der Waals surface area (Å²) in [4.78, 5) is 4.56. The van der Waals surface area contributed by atoms with Crippen molar-refractivity contribution in [2.24, 2.45) is 5.92 Å². The maximum Gasteiger partial charge on any atom is 0.126 e. The van der Waals surface area contributed by atoms with E-state index in [9.17, 15) is 0 Å². The molecule has 0 saturated carbocycles. The molecule has 2 heterocycles. The van der Waals surface area contributed by atoms with Crippen molar-refractivity contribution >= 4 is 0 Å². The molecule has 0 radical (unpaired) electrons.